The summed E-state index contributed by atoms with van der Waals surface area (Å²) in [7, 11) is 1.76. The second-order valence-corrected chi connectivity index (χ2v) is 6.12. The van der Waals surface area contributed by atoms with Crippen molar-refractivity contribution in [2.24, 2.45) is 0 Å². The molecular formula is C18H30N2O. The van der Waals surface area contributed by atoms with Gasteiger partial charge in [0.1, 0.15) is 5.75 Å². The molecule has 0 spiro atoms. The van der Waals surface area contributed by atoms with Gasteiger partial charge in [0, 0.05) is 18.6 Å². The third-order valence-corrected chi connectivity index (χ3v) is 4.56. The fraction of sp³-hybridized carbons (Fsp3) is 0.667. The van der Waals surface area contributed by atoms with Crippen LogP contribution >= 0.6 is 0 Å². The van der Waals surface area contributed by atoms with Gasteiger partial charge < -0.3 is 15.0 Å². The van der Waals surface area contributed by atoms with E-state index in [4.69, 9.17) is 4.74 Å². The largest absolute Gasteiger partial charge is 0.496 e. The Morgan fingerprint density at radius 2 is 2.14 bits per heavy atom. The number of nitrogens with one attached hydrogen (secondary N) is 1. The summed E-state index contributed by atoms with van der Waals surface area (Å²) in [5.74, 6) is 1.02. The Bertz CT molecular complexity index is 421. The van der Waals surface area contributed by atoms with E-state index in [1.807, 2.05) is 6.07 Å². The molecule has 1 aromatic rings. The number of methoxy groups -OCH3 is 1. The Labute approximate surface area is 129 Å². The number of ether oxygens (including phenoxy) is 1. The van der Waals surface area contributed by atoms with Gasteiger partial charge in [-0.1, -0.05) is 25.1 Å². The fourth-order valence-electron chi connectivity index (χ4n) is 3.26. The van der Waals surface area contributed by atoms with Crippen molar-refractivity contribution in [3.63, 3.8) is 0 Å². The van der Waals surface area contributed by atoms with Gasteiger partial charge in [0.15, 0.2) is 0 Å². The molecular weight excluding hydrogens is 260 g/mol. The van der Waals surface area contributed by atoms with Crippen molar-refractivity contribution < 1.29 is 4.74 Å². The summed E-state index contributed by atoms with van der Waals surface area (Å²) in [6.45, 7) is 8.08. The van der Waals surface area contributed by atoms with Gasteiger partial charge in [-0.2, -0.15) is 0 Å². The van der Waals surface area contributed by atoms with Crippen molar-refractivity contribution in [1.29, 1.82) is 0 Å². The van der Waals surface area contributed by atoms with E-state index in [0.717, 1.165) is 25.3 Å². The van der Waals surface area contributed by atoms with E-state index in [-0.39, 0.29) is 0 Å². The standard InChI is InChI=1S/C18H30N2O/c1-4-11-19-17-10-13-20(15(2)14-17)12-9-16-7-5-6-8-18(16)21-3/h5-8,15,17,19H,4,9-14H2,1-3H3. The molecule has 0 radical (unpaired) electrons. The van der Waals surface area contributed by atoms with Crippen molar-refractivity contribution in [2.75, 3.05) is 26.7 Å². The van der Waals surface area contributed by atoms with Crippen LogP contribution in [0.4, 0.5) is 0 Å². The van der Waals surface area contributed by atoms with E-state index in [0.29, 0.717) is 12.1 Å². The predicted octanol–water partition coefficient (Wildman–Crippen LogP) is 3.09. The first kappa shape index (κ1) is 16.3. The van der Waals surface area contributed by atoms with Crippen molar-refractivity contribution in [1.82, 2.24) is 10.2 Å². The van der Waals surface area contributed by atoms with Gasteiger partial charge in [-0.05, 0) is 57.3 Å². The van der Waals surface area contributed by atoms with E-state index < -0.39 is 0 Å². The summed E-state index contributed by atoms with van der Waals surface area (Å²) in [6.07, 6.45) is 4.84. The fourth-order valence-corrected chi connectivity index (χ4v) is 3.26. The summed E-state index contributed by atoms with van der Waals surface area (Å²) in [6, 6.07) is 9.75. The first-order valence-electron chi connectivity index (χ1n) is 8.34. The minimum Gasteiger partial charge on any atom is -0.496 e. The quantitative estimate of drug-likeness (QED) is 0.835. The van der Waals surface area contributed by atoms with Gasteiger partial charge in [0.05, 0.1) is 7.11 Å². The Kier molecular flexibility index (Phi) is 6.52. The lowest BCUT2D eigenvalue weighted by Gasteiger charge is -2.38. The van der Waals surface area contributed by atoms with Crippen molar-refractivity contribution in [2.45, 2.75) is 51.6 Å². The molecule has 2 unspecified atom stereocenters. The Hall–Kier alpha value is -1.06. The van der Waals surface area contributed by atoms with Crippen LogP contribution in [-0.4, -0.2) is 43.7 Å². The number of para-hydroxylation sites is 1. The Morgan fingerprint density at radius 1 is 1.33 bits per heavy atom. The SMILES string of the molecule is CCCNC1CCN(CCc2ccccc2OC)C(C)C1. The van der Waals surface area contributed by atoms with Gasteiger partial charge in [-0.25, -0.2) is 0 Å². The summed E-state index contributed by atoms with van der Waals surface area (Å²) >= 11 is 0. The maximum atomic E-state index is 5.44. The topological polar surface area (TPSA) is 24.5 Å². The van der Waals surface area contributed by atoms with Crippen LogP contribution in [0.25, 0.3) is 0 Å². The number of likely N-dealkylation sites (tertiary alicyclic amines) is 1. The van der Waals surface area contributed by atoms with Gasteiger partial charge in [-0.3, -0.25) is 0 Å². The second kappa shape index (κ2) is 8.40. The zero-order chi connectivity index (χ0) is 15.1. The van der Waals surface area contributed by atoms with Crippen LogP contribution in [-0.2, 0) is 6.42 Å². The highest BCUT2D eigenvalue weighted by molar-refractivity contribution is 5.33. The van der Waals surface area contributed by atoms with Crippen molar-refractivity contribution >= 4 is 0 Å². The first-order chi connectivity index (χ1) is 10.2. The number of piperidine rings is 1. The molecule has 0 bridgehead atoms. The average molecular weight is 290 g/mol. The summed E-state index contributed by atoms with van der Waals surface area (Å²) in [5, 5.41) is 3.67. The molecule has 2 atom stereocenters. The van der Waals surface area contributed by atoms with Crippen LogP contribution in [0.1, 0.15) is 38.7 Å². The monoisotopic (exact) mass is 290 g/mol. The van der Waals surface area contributed by atoms with E-state index in [1.54, 1.807) is 7.11 Å². The van der Waals surface area contributed by atoms with Crippen molar-refractivity contribution in [3.05, 3.63) is 29.8 Å². The zero-order valence-corrected chi connectivity index (χ0v) is 13.8. The predicted molar refractivity (Wildman–Crippen MR) is 89.0 cm³/mol. The van der Waals surface area contributed by atoms with Gasteiger partial charge in [-0.15, -0.1) is 0 Å². The molecule has 1 N–H and O–H groups in total. The highest BCUT2D eigenvalue weighted by atomic mass is 16.5. The van der Waals surface area contributed by atoms with Crippen molar-refractivity contribution in [3.8, 4) is 5.75 Å². The first-order valence-corrected chi connectivity index (χ1v) is 8.34. The maximum Gasteiger partial charge on any atom is 0.122 e. The molecule has 0 aromatic heterocycles. The molecule has 1 aromatic carbocycles. The molecule has 21 heavy (non-hydrogen) atoms. The van der Waals surface area contributed by atoms with Crippen LogP contribution in [0, 0.1) is 0 Å². The lowest BCUT2D eigenvalue weighted by atomic mass is 9.97. The molecule has 1 aliphatic heterocycles. The van der Waals surface area contributed by atoms with E-state index in [9.17, 15) is 0 Å². The van der Waals surface area contributed by atoms with Gasteiger partial charge >= 0.3 is 0 Å². The number of benzene rings is 1. The molecule has 3 nitrogen and oxygen atoms in total. The third-order valence-electron chi connectivity index (χ3n) is 4.56. The van der Waals surface area contributed by atoms with E-state index >= 15 is 0 Å². The highest BCUT2D eigenvalue weighted by Gasteiger charge is 2.24. The van der Waals surface area contributed by atoms with E-state index in [1.165, 1.54) is 31.4 Å². The maximum absolute atomic E-state index is 5.44. The molecule has 1 saturated heterocycles. The van der Waals surface area contributed by atoms with Crippen LogP contribution in [0.3, 0.4) is 0 Å². The molecule has 0 amide bonds. The lowest BCUT2D eigenvalue weighted by Crippen LogP contribution is -2.48. The summed E-state index contributed by atoms with van der Waals surface area (Å²) in [5.41, 5.74) is 1.32. The van der Waals surface area contributed by atoms with E-state index in [2.05, 4.69) is 42.3 Å². The molecule has 0 saturated carbocycles. The minimum absolute atomic E-state index is 0.669. The third kappa shape index (κ3) is 4.72. The van der Waals surface area contributed by atoms with Crippen LogP contribution < -0.4 is 10.1 Å². The number of nitrogens with zero attached hydrogens (tertiary/aromatic N) is 1. The molecule has 0 aliphatic carbocycles. The lowest BCUT2D eigenvalue weighted by molar-refractivity contribution is 0.137. The average Bonchev–Trinajstić information content (AvgIpc) is 2.52. The van der Waals surface area contributed by atoms with Gasteiger partial charge in [0.2, 0.25) is 0 Å². The number of hydrogen-bond acceptors (Lipinski definition) is 3. The number of hydrogen-bond donors (Lipinski definition) is 1. The normalized spacial score (nSPS) is 23.2. The molecule has 2 rings (SSSR count). The zero-order valence-electron chi connectivity index (χ0n) is 13.8. The second-order valence-electron chi connectivity index (χ2n) is 6.12. The Balaban J connectivity index is 1.81. The molecule has 1 fully saturated rings. The van der Waals surface area contributed by atoms with Gasteiger partial charge in [0.25, 0.3) is 0 Å². The molecule has 3 heteroatoms. The van der Waals surface area contributed by atoms with Crippen LogP contribution in [0.2, 0.25) is 0 Å². The summed E-state index contributed by atoms with van der Waals surface area (Å²) in [4.78, 5) is 2.62. The number of rotatable bonds is 7. The molecule has 1 heterocycles. The molecule has 118 valence electrons. The smallest absolute Gasteiger partial charge is 0.122 e. The Morgan fingerprint density at radius 3 is 2.86 bits per heavy atom. The summed E-state index contributed by atoms with van der Waals surface area (Å²) < 4.78 is 5.44. The minimum atomic E-state index is 0.669. The van der Waals surface area contributed by atoms with Crippen LogP contribution in [0.15, 0.2) is 24.3 Å². The highest BCUT2D eigenvalue weighted by Crippen LogP contribution is 2.21. The van der Waals surface area contributed by atoms with Crippen LogP contribution in [0.5, 0.6) is 5.75 Å². The molecule has 1 aliphatic rings.